The summed E-state index contributed by atoms with van der Waals surface area (Å²) in [5, 5.41) is 16.4. The van der Waals surface area contributed by atoms with E-state index in [0.29, 0.717) is 18.1 Å². The summed E-state index contributed by atoms with van der Waals surface area (Å²) in [6.45, 7) is 3.75. The van der Waals surface area contributed by atoms with Crippen LogP contribution in [0.3, 0.4) is 0 Å². The van der Waals surface area contributed by atoms with Crippen LogP contribution < -0.4 is 10.6 Å². The second kappa shape index (κ2) is 10.7. The number of nitrogens with zero attached hydrogens (tertiary/aromatic N) is 3. The molecule has 1 unspecified atom stereocenters. The summed E-state index contributed by atoms with van der Waals surface area (Å²) in [6, 6.07) is 13.8. The van der Waals surface area contributed by atoms with Crippen LogP contribution in [-0.4, -0.2) is 64.2 Å². The number of aliphatic hydroxyl groups is 1. The molecule has 2 amide bonds. The summed E-state index contributed by atoms with van der Waals surface area (Å²) in [4.78, 5) is 37.2. The van der Waals surface area contributed by atoms with E-state index >= 15 is 0 Å². The summed E-state index contributed by atoms with van der Waals surface area (Å²) in [6.07, 6.45) is 4.36. The molecule has 0 radical (unpaired) electrons. The predicted molar refractivity (Wildman–Crippen MR) is 146 cm³/mol. The summed E-state index contributed by atoms with van der Waals surface area (Å²) in [5.41, 5.74) is 6.21. The van der Waals surface area contributed by atoms with Gasteiger partial charge in [0, 0.05) is 55.6 Å². The first-order valence-electron chi connectivity index (χ1n) is 13.6. The van der Waals surface area contributed by atoms with Crippen molar-refractivity contribution in [3.8, 4) is 11.3 Å². The number of carbonyl (C=O) groups is 2. The van der Waals surface area contributed by atoms with Gasteiger partial charge in [0.1, 0.15) is 6.54 Å². The zero-order chi connectivity index (χ0) is 26.9. The van der Waals surface area contributed by atoms with Crippen LogP contribution in [0.25, 0.3) is 11.3 Å². The molecule has 2 aliphatic heterocycles. The Bertz CT molecular complexity index is 1400. The number of anilines is 1. The summed E-state index contributed by atoms with van der Waals surface area (Å²) in [7, 11) is 0. The van der Waals surface area contributed by atoms with Crippen molar-refractivity contribution >= 4 is 17.8 Å². The van der Waals surface area contributed by atoms with Crippen molar-refractivity contribution < 1.29 is 19.4 Å². The third-order valence-electron chi connectivity index (χ3n) is 8.02. The molecule has 3 aromatic rings. The Morgan fingerprint density at radius 2 is 1.97 bits per heavy atom. The number of aromatic nitrogens is 2. The fourth-order valence-corrected chi connectivity index (χ4v) is 5.90. The van der Waals surface area contributed by atoms with Crippen LogP contribution in [0.5, 0.6) is 0 Å². The molecule has 1 saturated heterocycles. The number of hydrogen-bond donors (Lipinski definition) is 3. The number of carbonyl (C=O) groups excluding carboxylic acids is 2. The van der Waals surface area contributed by atoms with Crippen molar-refractivity contribution in [1.82, 2.24) is 20.2 Å². The standard InChI is InChI=1S/C30H33N5O4/c1-18-14-31-30(32-23-8-10-39-11-9-23)34-27(18)20-6-7-21-15-35(29(38)25(21)13-20)16-26(37)33-28-22(17-36)12-19-4-2-3-5-24(19)28/h2-7,13-14,22-23,28,36H,8-12,15-17H2,1H3,(H,33,37)(H,31,32,34)/t22-,28?/m1/s1. The van der Waals surface area contributed by atoms with Crippen molar-refractivity contribution in [3.05, 3.63) is 76.5 Å². The third-order valence-corrected chi connectivity index (χ3v) is 8.02. The van der Waals surface area contributed by atoms with E-state index < -0.39 is 0 Å². The maximum atomic E-state index is 13.3. The molecule has 2 aromatic carbocycles. The van der Waals surface area contributed by atoms with E-state index in [4.69, 9.17) is 9.72 Å². The van der Waals surface area contributed by atoms with Crippen LogP contribution in [0.1, 0.15) is 51.5 Å². The highest BCUT2D eigenvalue weighted by molar-refractivity contribution is 6.01. The minimum Gasteiger partial charge on any atom is -0.396 e. The number of rotatable bonds is 7. The lowest BCUT2D eigenvalue weighted by Crippen LogP contribution is -2.40. The first-order valence-corrected chi connectivity index (χ1v) is 13.6. The fraction of sp³-hybridized carbons (Fsp3) is 0.400. The van der Waals surface area contributed by atoms with Crippen molar-refractivity contribution in [2.75, 3.05) is 31.7 Å². The smallest absolute Gasteiger partial charge is 0.254 e. The van der Waals surface area contributed by atoms with Crippen LogP contribution >= 0.6 is 0 Å². The molecule has 2 atom stereocenters. The number of benzene rings is 2. The molecule has 0 bridgehead atoms. The number of aryl methyl sites for hydroxylation is 1. The van der Waals surface area contributed by atoms with Crippen molar-refractivity contribution in [2.24, 2.45) is 5.92 Å². The van der Waals surface area contributed by atoms with Gasteiger partial charge in [-0.25, -0.2) is 9.97 Å². The van der Waals surface area contributed by atoms with Gasteiger partial charge in [0.2, 0.25) is 11.9 Å². The molecule has 3 aliphatic rings. The Hall–Kier alpha value is -3.82. The Morgan fingerprint density at radius 3 is 2.79 bits per heavy atom. The number of ether oxygens (including phenoxy) is 1. The van der Waals surface area contributed by atoms with Crippen LogP contribution in [-0.2, 0) is 22.5 Å². The lowest BCUT2D eigenvalue weighted by molar-refractivity contribution is -0.123. The molecule has 6 rings (SSSR count). The van der Waals surface area contributed by atoms with Crippen molar-refractivity contribution in [3.63, 3.8) is 0 Å². The van der Waals surface area contributed by atoms with Gasteiger partial charge in [-0.3, -0.25) is 9.59 Å². The Balaban J connectivity index is 1.15. The molecular formula is C30H33N5O4. The zero-order valence-electron chi connectivity index (χ0n) is 22.0. The Morgan fingerprint density at radius 1 is 1.15 bits per heavy atom. The van der Waals surface area contributed by atoms with Crippen molar-refractivity contribution in [2.45, 2.75) is 44.8 Å². The average Bonchev–Trinajstić information content (AvgIpc) is 3.46. The molecule has 1 aromatic heterocycles. The number of nitrogens with one attached hydrogen (secondary N) is 2. The first-order chi connectivity index (χ1) is 19.0. The Labute approximate surface area is 227 Å². The topological polar surface area (TPSA) is 117 Å². The fourth-order valence-electron chi connectivity index (χ4n) is 5.90. The quantitative estimate of drug-likeness (QED) is 0.433. The predicted octanol–water partition coefficient (Wildman–Crippen LogP) is 3.02. The third kappa shape index (κ3) is 5.12. The zero-order valence-corrected chi connectivity index (χ0v) is 22.0. The lowest BCUT2D eigenvalue weighted by atomic mass is 10.0. The summed E-state index contributed by atoms with van der Waals surface area (Å²) >= 11 is 0. The van der Waals surface area contributed by atoms with Gasteiger partial charge in [0.15, 0.2) is 0 Å². The summed E-state index contributed by atoms with van der Waals surface area (Å²) < 4.78 is 5.44. The average molecular weight is 528 g/mol. The minimum atomic E-state index is -0.255. The van der Waals surface area contributed by atoms with E-state index in [0.717, 1.165) is 66.0 Å². The van der Waals surface area contributed by atoms with E-state index in [1.807, 2.05) is 49.4 Å². The monoisotopic (exact) mass is 527 g/mol. The molecule has 3 N–H and O–H groups in total. The first kappa shape index (κ1) is 25.5. The molecule has 0 spiro atoms. The highest BCUT2D eigenvalue weighted by Crippen LogP contribution is 2.36. The van der Waals surface area contributed by atoms with Gasteiger partial charge in [-0.05, 0) is 54.5 Å². The minimum absolute atomic E-state index is 0.00868. The molecule has 3 heterocycles. The van der Waals surface area contributed by atoms with Crippen LogP contribution in [0, 0.1) is 12.8 Å². The molecule has 1 aliphatic carbocycles. The van der Waals surface area contributed by atoms with Crippen molar-refractivity contribution in [1.29, 1.82) is 0 Å². The number of hydrogen-bond acceptors (Lipinski definition) is 7. The lowest BCUT2D eigenvalue weighted by Gasteiger charge is -2.23. The van der Waals surface area contributed by atoms with Crippen LogP contribution in [0.15, 0.2) is 48.7 Å². The second-order valence-corrected chi connectivity index (χ2v) is 10.7. The van der Waals surface area contributed by atoms with E-state index in [-0.39, 0.29) is 43.0 Å². The van der Waals surface area contributed by atoms with Gasteiger partial charge in [0.05, 0.1) is 11.7 Å². The highest BCUT2D eigenvalue weighted by atomic mass is 16.5. The molecule has 9 heteroatoms. The molecule has 0 saturated carbocycles. The second-order valence-electron chi connectivity index (χ2n) is 10.7. The maximum Gasteiger partial charge on any atom is 0.254 e. The normalized spacial score (nSPS) is 20.6. The number of aliphatic hydroxyl groups excluding tert-OH is 1. The van der Waals surface area contributed by atoms with Gasteiger partial charge in [-0.1, -0.05) is 36.4 Å². The largest absolute Gasteiger partial charge is 0.396 e. The molecular weight excluding hydrogens is 494 g/mol. The van der Waals surface area contributed by atoms with Gasteiger partial charge in [-0.15, -0.1) is 0 Å². The maximum absolute atomic E-state index is 13.3. The highest BCUT2D eigenvalue weighted by Gasteiger charge is 2.35. The van der Waals surface area contributed by atoms with Crippen LogP contribution in [0.4, 0.5) is 5.95 Å². The van der Waals surface area contributed by atoms with E-state index in [1.165, 1.54) is 0 Å². The number of fused-ring (bicyclic) bond motifs is 2. The van der Waals surface area contributed by atoms with Gasteiger partial charge < -0.3 is 25.4 Å². The van der Waals surface area contributed by atoms with E-state index in [2.05, 4.69) is 15.6 Å². The molecule has 202 valence electrons. The van der Waals surface area contributed by atoms with Crippen LogP contribution in [0.2, 0.25) is 0 Å². The molecule has 9 nitrogen and oxygen atoms in total. The van der Waals surface area contributed by atoms with Gasteiger partial charge in [-0.2, -0.15) is 0 Å². The number of amides is 2. The van der Waals surface area contributed by atoms with Gasteiger partial charge >= 0.3 is 0 Å². The SMILES string of the molecule is Cc1cnc(NC2CCOCC2)nc1-c1ccc2c(c1)C(=O)N(CC(=O)NC1c3ccccc3C[C@@H]1CO)C2. The molecule has 39 heavy (non-hydrogen) atoms. The van der Waals surface area contributed by atoms with E-state index in [9.17, 15) is 14.7 Å². The van der Waals surface area contributed by atoms with E-state index in [1.54, 1.807) is 11.1 Å². The van der Waals surface area contributed by atoms with Gasteiger partial charge in [0.25, 0.3) is 5.91 Å². The molecule has 1 fully saturated rings. The summed E-state index contributed by atoms with van der Waals surface area (Å²) in [5.74, 6) is 0.108. The Kier molecular flexibility index (Phi) is 7.01.